The SMILES string of the molecule is CCC.CCCc1nc2c(N)nc(C)c(C)c2n1CCC.COC. The molecule has 0 saturated carbocycles. The molecule has 0 fully saturated rings. The summed E-state index contributed by atoms with van der Waals surface area (Å²) in [4.78, 5) is 9.08. The molecule has 5 heteroatoms. The normalized spacial score (nSPS) is 10.0. The van der Waals surface area contributed by atoms with Crippen molar-refractivity contribution in [2.75, 3.05) is 20.0 Å². The predicted octanol–water partition coefficient (Wildman–Crippen LogP) is 4.67. The van der Waals surface area contributed by atoms with Gasteiger partial charge in [0.15, 0.2) is 5.82 Å². The highest BCUT2D eigenvalue weighted by atomic mass is 16.4. The van der Waals surface area contributed by atoms with Gasteiger partial charge in [0.1, 0.15) is 11.3 Å². The summed E-state index contributed by atoms with van der Waals surface area (Å²) in [6.45, 7) is 13.7. The Hall–Kier alpha value is -1.62. The number of hydrogen-bond acceptors (Lipinski definition) is 4. The van der Waals surface area contributed by atoms with E-state index in [1.807, 2.05) is 6.92 Å². The molecule has 0 atom stereocenters. The molecule has 138 valence electrons. The monoisotopic (exact) mass is 336 g/mol. The van der Waals surface area contributed by atoms with Crippen molar-refractivity contribution in [2.24, 2.45) is 0 Å². The summed E-state index contributed by atoms with van der Waals surface area (Å²) in [6, 6.07) is 0. The number of anilines is 1. The molecule has 0 radical (unpaired) electrons. The number of hydrogen-bond donors (Lipinski definition) is 1. The van der Waals surface area contributed by atoms with E-state index in [0.29, 0.717) is 5.82 Å². The molecule has 0 spiro atoms. The summed E-state index contributed by atoms with van der Waals surface area (Å²) in [5, 5.41) is 0. The zero-order valence-corrected chi connectivity index (χ0v) is 16.9. The Balaban J connectivity index is 0.000000772. The molecule has 2 heterocycles. The highest BCUT2D eigenvalue weighted by Gasteiger charge is 2.16. The third kappa shape index (κ3) is 5.78. The molecule has 2 N–H and O–H groups in total. The first-order valence-electron chi connectivity index (χ1n) is 8.95. The number of nitrogens with zero attached hydrogens (tertiary/aromatic N) is 3. The van der Waals surface area contributed by atoms with Crippen molar-refractivity contribution in [3.05, 3.63) is 17.1 Å². The summed E-state index contributed by atoms with van der Waals surface area (Å²) in [5.74, 6) is 1.69. The Labute approximate surface area is 147 Å². The lowest BCUT2D eigenvalue weighted by Gasteiger charge is -2.10. The molecule has 0 unspecified atom stereocenters. The Morgan fingerprint density at radius 2 is 1.54 bits per heavy atom. The fraction of sp³-hybridized carbons (Fsp3) is 0.684. The lowest BCUT2D eigenvalue weighted by atomic mass is 10.2. The van der Waals surface area contributed by atoms with Gasteiger partial charge < -0.3 is 15.0 Å². The zero-order valence-electron chi connectivity index (χ0n) is 16.9. The molecule has 0 aliphatic heterocycles. The van der Waals surface area contributed by atoms with E-state index in [1.54, 1.807) is 14.2 Å². The van der Waals surface area contributed by atoms with Crippen molar-refractivity contribution in [1.29, 1.82) is 0 Å². The summed E-state index contributed by atoms with van der Waals surface area (Å²) in [5.41, 5.74) is 10.3. The minimum absolute atomic E-state index is 0.556. The highest BCUT2D eigenvalue weighted by Crippen LogP contribution is 2.26. The molecule has 0 saturated heterocycles. The maximum atomic E-state index is 6.01. The third-order valence-electron chi connectivity index (χ3n) is 3.40. The van der Waals surface area contributed by atoms with Crippen LogP contribution in [0.15, 0.2) is 0 Å². The lowest BCUT2D eigenvalue weighted by molar-refractivity contribution is 0.277. The topological polar surface area (TPSA) is 66.0 Å². The standard InChI is InChI=1S/C14H22N4.C3H8.C2H6O/c1-5-7-11-17-12-13(18(11)8-6-2)9(3)10(4)16-14(12)15;2*1-3-2/h5-8H2,1-4H3,(H2,15,16);3H2,1-2H3;1-2H3. The van der Waals surface area contributed by atoms with Gasteiger partial charge in [-0.2, -0.15) is 0 Å². The first-order chi connectivity index (χ1) is 11.4. The number of nitrogens with two attached hydrogens (primary N) is 1. The van der Waals surface area contributed by atoms with Gasteiger partial charge in [-0.3, -0.25) is 0 Å². The van der Waals surface area contributed by atoms with Crippen molar-refractivity contribution in [1.82, 2.24) is 14.5 Å². The second-order valence-corrected chi connectivity index (χ2v) is 5.95. The van der Waals surface area contributed by atoms with Gasteiger partial charge in [-0.1, -0.05) is 34.1 Å². The van der Waals surface area contributed by atoms with Crippen LogP contribution in [0, 0.1) is 13.8 Å². The van der Waals surface area contributed by atoms with Gasteiger partial charge in [-0.05, 0) is 32.3 Å². The number of aromatic nitrogens is 3. The van der Waals surface area contributed by atoms with E-state index >= 15 is 0 Å². The first kappa shape index (κ1) is 22.4. The van der Waals surface area contributed by atoms with E-state index in [1.165, 1.54) is 17.5 Å². The number of pyridine rings is 1. The molecule has 24 heavy (non-hydrogen) atoms. The summed E-state index contributed by atoms with van der Waals surface area (Å²) in [6.07, 6.45) is 4.44. The van der Waals surface area contributed by atoms with E-state index in [0.717, 1.165) is 42.8 Å². The van der Waals surface area contributed by atoms with Gasteiger partial charge in [0.25, 0.3) is 0 Å². The fourth-order valence-electron chi connectivity index (χ4n) is 2.43. The number of imidazole rings is 1. The van der Waals surface area contributed by atoms with Crippen LogP contribution in [-0.4, -0.2) is 28.8 Å². The summed E-state index contributed by atoms with van der Waals surface area (Å²) >= 11 is 0. The molecule has 2 rings (SSSR count). The maximum Gasteiger partial charge on any atom is 0.151 e. The Morgan fingerprint density at radius 3 is 2.00 bits per heavy atom. The minimum Gasteiger partial charge on any atom is -0.388 e. The van der Waals surface area contributed by atoms with Gasteiger partial charge in [0, 0.05) is 32.9 Å². The molecule has 0 bridgehead atoms. The Morgan fingerprint density at radius 1 is 1.00 bits per heavy atom. The van der Waals surface area contributed by atoms with Crippen molar-refractivity contribution < 1.29 is 4.74 Å². The molecule has 0 amide bonds. The van der Waals surface area contributed by atoms with E-state index < -0.39 is 0 Å². The second-order valence-electron chi connectivity index (χ2n) is 5.95. The van der Waals surface area contributed by atoms with Crippen LogP contribution >= 0.6 is 0 Å². The van der Waals surface area contributed by atoms with E-state index in [-0.39, 0.29) is 0 Å². The lowest BCUT2D eigenvalue weighted by Crippen LogP contribution is -2.05. The third-order valence-corrected chi connectivity index (χ3v) is 3.40. The molecule has 0 aliphatic carbocycles. The number of ether oxygens (including phenoxy) is 1. The molecule has 2 aromatic heterocycles. The van der Waals surface area contributed by atoms with E-state index in [9.17, 15) is 0 Å². The minimum atomic E-state index is 0.556. The number of fused-ring (bicyclic) bond motifs is 1. The zero-order chi connectivity index (χ0) is 18.7. The van der Waals surface area contributed by atoms with Gasteiger partial charge in [-0.15, -0.1) is 0 Å². The van der Waals surface area contributed by atoms with Crippen LogP contribution in [0.4, 0.5) is 5.82 Å². The van der Waals surface area contributed by atoms with E-state index in [2.05, 4.69) is 48.9 Å². The summed E-state index contributed by atoms with van der Waals surface area (Å²) < 4.78 is 6.57. The number of rotatable bonds is 4. The van der Waals surface area contributed by atoms with Crippen LogP contribution in [0.2, 0.25) is 0 Å². The molecule has 5 nitrogen and oxygen atoms in total. The van der Waals surface area contributed by atoms with Crippen LogP contribution in [0.25, 0.3) is 11.0 Å². The van der Waals surface area contributed by atoms with E-state index in [4.69, 9.17) is 10.7 Å². The van der Waals surface area contributed by atoms with Crippen molar-refractivity contribution in [2.45, 2.75) is 73.8 Å². The Bertz CT molecular complexity index is 603. The maximum absolute atomic E-state index is 6.01. The van der Waals surface area contributed by atoms with Crippen LogP contribution in [0.3, 0.4) is 0 Å². The Kier molecular flexibility index (Phi) is 11.0. The average molecular weight is 337 g/mol. The highest BCUT2D eigenvalue weighted by molar-refractivity contribution is 5.88. The molecule has 0 aromatic carbocycles. The molecule has 0 aliphatic rings. The largest absolute Gasteiger partial charge is 0.388 e. The average Bonchev–Trinajstić information content (AvgIpc) is 2.87. The number of nitrogen functional groups attached to an aromatic ring is 1. The summed E-state index contributed by atoms with van der Waals surface area (Å²) in [7, 11) is 3.25. The van der Waals surface area contributed by atoms with Crippen LogP contribution in [-0.2, 0) is 17.7 Å². The molecular weight excluding hydrogens is 300 g/mol. The molecular formula is C19H36N4O. The van der Waals surface area contributed by atoms with Crippen LogP contribution in [0.1, 0.15) is 64.0 Å². The van der Waals surface area contributed by atoms with Crippen molar-refractivity contribution in [3.8, 4) is 0 Å². The van der Waals surface area contributed by atoms with Gasteiger partial charge in [0.05, 0.1) is 5.52 Å². The van der Waals surface area contributed by atoms with Gasteiger partial charge in [0.2, 0.25) is 0 Å². The number of aryl methyl sites for hydroxylation is 4. The smallest absolute Gasteiger partial charge is 0.151 e. The van der Waals surface area contributed by atoms with Crippen molar-refractivity contribution in [3.63, 3.8) is 0 Å². The first-order valence-corrected chi connectivity index (χ1v) is 8.95. The number of methoxy groups -OCH3 is 1. The van der Waals surface area contributed by atoms with Gasteiger partial charge >= 0.3 is 0 Å². The fourth-order valence-corrected chi connectivity index (χ4v) is 2.43. The van der Waals surface area contributed by atoms with Crippen LogP contribution < -0.4 is 5.73 Å². The van der Waals surface area contributed by atoms with Gasteiger partial charge in [-0.25, -0.2) is 9.97 Å². The second kappa shape index (κ2) is 11.8. The molecule has 2 aromatic rings. The predicted molar refractivity (Wildman–Crippen MR) is 105 cm³/mol. The van der Waals surface area contributed by atoms with Crippen molar-refractivity contribution >= 4 is 16.9 Å². The quantitative estimate of drug-likeness (QED) is 0.881. The van der Waals surface area contributed by atoms with Crippen LogP contribution in [0.5, 0.6) is 0 Å².